The Morgan fingerprint density at radius 3 is 2.26 bits per heavy atom. The van der Waals surface area contributed by atoms with E-state index in [0.29, 0.717) is 17.5 Å². The summed E-state index contributed by atoms with van der Waals surface area (Å²) in [5.41, 5.74) is -0.0433. The van der Waals surface area contributed by atoms with E-state index >= 15 is 0 Å². The Labute approximate surface area is 113 Å². The first-order valence-corrected chi connectivity index (χ1v) is 7.41. The molecule has 0 heterocycles. The maximum atomic E-state index is 12.0. The molecule has 0 amide bonds. The van der Waals surface area contributed by atoms with Crippen molar-refractivity contribution in [2.75, 3.05) is 0 Å². The second kappa shape index (κ2) is 5.83. The molecule has 1 unspecified atom stereocenters. The molecule has 1 aromatic rings. The number of benzene rings is 1. The molecule has 0 saturated carbocycles. The summed E-state index contributed by atoms with van der Waals surface area (Å²) in [6.45, 7) is 3.29. The van der Waals surface area contributed by atoms with Crippen LogP contribution < -0.4 is 4.72 Å². The SMILES string of the molecule is CCC(C)(C#N)NS(=O)(=O)Cc1ccc(C#N)cc1. The van der Waals surface area contributed by atoms with Gasteiger partial charge in [0.25, 0.3) is 0 Å². The quantitative estimate of drug-likeness (QED) is 0.885. The van der Waals surface area contributed by atoms with Crippen molar-refractivity contribution in [1.82, 2.24) is 4.72 Å². The van der Waals surface area contributed by atoms with Crippen molar-refractivity contribution >= 4 is 10.0 Å². The molecule has 1 N–H and O–H groups in total. The fraction of sp³-hybridized carbons (Fsp3) is 0.385. The van der Waals surface area contributed by atoms with Crippen molar-refractivity contribution in [3.8, 4) is 12.1 Å². The van der Waals surface area contributed by atoms with E-state index in [1.807, 2.05) is 12.1 Å². The van der Waals surface area contributed by atoms with Gasteiger partial charge in [-0.3, -0.25) is 0 Å². The van der Waals surface area contributed by atoms with Gasteiger partial charge in [0.1, 0.15) is 5.54 Å². The topological polar surface area (TPSA) is 93.8 Å². The van der Waals surface area contributed by atoms with Crippen LogP contribution in [0.25, 0.3) is 0 Å². The van der Waals surface area contributed by atoms with Gasteiger partial charge in [0.05, 0.1) is 23.5 Å². The van der Waals surface area contributed by atoms with E-state index in [1.54, 1.807) is 38.1 Å². The molecule has 0 fully saturated rings. The zero-order valence-corrected chi connectivity index (χ0v) is 11.7. The van der Waals surface area contributed by atoms with E-state index in [4.69, 9.17) is 10.5 Å². The van der Waals surface area contributed by atoms with E-state index in [0.717, 1.165) is 0 Å². The molecule has 1 atom stereocenters. The highest BCUT2D eigenvalue weighted by Gasteiger charge is 2.27. The summed E-state index contributed by atoms with van der Waals surface area (Å²) < 4.78 is 26.3. The van der Waals surface area contributed by atoms with Crippen LogP contribution in [0, 0.1) is 22.7 Å². The molecule has 0 aliphatic heterocycles. The lowest BCUT2D eigenvalue weighted by atomic mass is 10.0. The van der Waals surface area contributed by atoms with E-state index in [2.05, 4.69) is 4.72 Å². The first-order valence-electron chi connectivity index (χ1n) is 5.76. The predicted molar refractivity (Wildman–Crippen MR) is 71.2 cm³/mol. The third-order valence-electron chi connectivity index (χ3n) is 2.77. The fourth-order valence-corrected chi connectivity index (χ4v) is 3.03. The molecule has 19 heavy (non-hydrogen) atoms. The molecule has 5 nitrogen and oxygen atoms in total. The molecule has 1 aromatic carbocycles. The van der Waals surface area contributed by atoms with Crippen LogP contribution in [0.2, 0.25) is 0 Å². The molecular weight excluding hydrogens is 262 g/mol. The minimum atomic E-state index is -3.59. The standard InChI is InChI=1S/C13H15N3O2S/c1-3-13(2,10-15)16-19(17,18)9-12-6-4-11(8-14)5-7-12/h4-7,16H,3,9H2,1-2H3. The van der Waals surface area contributed by atoms with Gasteiger partial charge in [-0.1, -0.05) is 19.1 Å². The summed E-state index contributed by atoms with van der Waals surface area (Å²) in [6, 6.07) is 10.2. The third-order valence-corrected chi connectivity index (χ3v) is 4.25. The lowest BCUT2D eigenvalue weighted by Gasteiger charge is -2.21. The number of hydrogen-bond donors (Lipinski definition) is 1. The normalized spacial score (nSPS) is 14.1. The molecule has 0 bridgehead atoms. The molecule has 0 radical (unpaired) electrons. The Morgan fingerprint density at radius 2 is 1.84 bits per heavy atom. The van der Waals surface area contributed by atoms with Crippen molar-refractivity contribution in [1.29, 1.82) is 10.5 Å². The average Bonchev–Trinajstić information content (AvgIpc) is 2.38. The second-order valence-electron chi connectivity index (χ2n) is 4.47. The first kappa shape index (κ1) is 15.2. The van der Waals surface area contributed by atoms with E-state index in [-0.39, 0.29) is 5.75 Å². The molecule has 0 spiro atoms. The Kier molecular flexibility index (Phi) is 4.66. The van der Waals surface area contributed by atoms with Crippen LogP contribution in [0.5, 0.6) is 0 Å². The van der Waals surface area contributed by atoms with Crippen molar-refractivity contribution in [3.63, 3.8) is 0 Å². The number of sulfonamides is 1. The highest BCUT2D eigenvalue weighted by atomic mass is 32.2. The van der Waals surface area contributed by atoms with Crippen LogP contribution in [-0.4, -0.2) is 14.0 Å². The van der Waals surface area contributed by atoms with Crippen LogP contribution >= 0.6 is 0 Å². The van der Waals surface area contributed by atoms with Crippen LogP contribution in [0.3, 0.4) is 0 Å². The monoisotopic (exact) mass is 277 g/mol. The van der Waals surface area contributed by atoms with Gasteiger partial charge in [-0.2, -0.15) is 15.2 Å². The van der Waals surface area contributed by atoms with Gasteiger partial charge in [0, 0.05) is 0 Å². The Balaban J connectivity index is 2.86. The van der Waals surface area contributed by atoms with E-state index in [1.165, 1.54) is 0 Å². The minimum absolute atomic E-state index is 0.212. The zero-order chi connectivity index (χ0) is 14.5. The summed E-state index contributed by atoms with van der Waals surface area (Å²) in [5.74, 6) is -0.212. The van der Waals surface area contributed by atoms with Crippen LogP contribution in [-0.2, 0) is 15.8 Å². The summed E-state index contributed by atoms with van der Waals surface area (Å²) >= 11 is 0. The van der Waals surface area contributed by atoms with Gasteiger partial charge in [-0.25, -0.2) is 8.42 Å². The molecule has 0 saturated heterocycles. The van der Waals surface area contributed by atoms with Crippen LogP contribution in [0.15, 0.2) is 24.3 Å². The van der Waals surface area contributed by atoms with Crippen LogP contribution in [0.4, 0.5) is 0 Å². The first-order chi connectivity index (χ1) is 8.84. The summed E-state index contributed by atoms with van der Waals surface area (Å²) in [4.78, 5) is 0. The molecule has 0 aliphatic rings. The van der Waals surface area contributed by atoms with Crippen molar-refractivity contribution < 1.29 is 8.42 Å². The van der Waals surface area contributed by atoms with Gasteiger partial charge < -0.3 is 0 Å². The number of hydrogen-bond acceptors (Lipinski definition) is 4. The maximum absolute atomic E-state index is 12.0. The molecule has 100 valence electrons. The van der Waals surface area contributed by atoms with Crippen molar-refractivity contribution in [2.24, 2.45) is 0 Å². The molecule has 0 aliphatic carbocycles. The largest absolute Gasteiger partial charge is 0.217 e. The minimum Gasteiger partial charge on any atom is -0.212 e. The lowest BCUT2D eigenvalue weighted by Crippen LogP contribution is -2.44. The average molecular weight is 277 g/mol. The smallest absolute Gasteiger partial charge is 0.212 e. The predicted octanol–water partition coefficient (Wildman–Crippen LogP) is 1.67. The van der Waals surface area contributed by atoms with Gasteiger partial charge in [-0.15, -0.1) is 0 Å². The highest BCUT2D eigenvalue weighted by molar-refractivity contribution is 7.88. The number of rotatable bonds is 5. The number of nitrogens with zero attached hydrogens (tertiary/aromatic N) is 2. The molecule has 6 heteroatoms. The highest BCUT2D eigenvalue weighted by Crippen LogP contribution is 2.13. The summed E-state index contributed by atoms with van der Waals surface area (Å²) in [6.07, 6.45) is 0.385. The summed E-state index contributed by atoms with van der Waals surface area (Å²) in [5, 5.41) is 17.6. The maximum Gasteiger partial charge on any atom is 0.217 e. The van der Waals surface area contributed by atoms with E-state index < -0.39 is 15.6 Å². The molecule has 0 aromatic heterocycles. The zero-order valence-electron chi connectivity index (χ0n) is 10.8. The van der Waals surface area contributed by atoms with Gasteiger partial charge in [0.2, 0.25) is 10.0 Å². The fourth-order valence-electron chi connectivity index (χ4n) is 1.45. The Morgan fingerprint density at radius 1 is 1.26 bits per heavy atom. The van der Waals surface area contributed by atoms with Crippen LogP contribution in [0.1, 0.15) is 31.4 Å². The molecule has 1 rings (SSSR count). The van der Waals surface area contributed by atoms with Crippen molar-refractivity contribution in [2.45, 2.75) is 31.6 Å². The number of nitrogens with one attached hydrogen (secondary N) is 1. The Hall–Kier alpha value is -1.89. The summed E-state index contributed by atoms with van der Waals surface area (Å²) in [7, 11) is -3.59. The van der Waals surface area contributed by atoms with E-state index in [9.17, 15) is 8.42 Å². The molecular formula is C13H15N3O2S. The third kappa shape index (κ3) is 4.36. The lowest BCUT2D eigenvalue weighted by molar-refractivity contribution is 0.494. The van der Waals surface area contributed by atoms with Gasteiger partial charge in [0.15, 0.2) is 0 Å². The van der Waals surface area contributed by atoms with Gasteiger partial charge in [-0.05, 0) is 31.0 Å². The van der Waals surface area contributed by atoms with Crippen molar-refractivity contribution in [3.05, 3.63) is 35.4 Å². The van der Waals surface area contributed by atoms with Gasteiger partial charge >= 0.3 is 0 Å². The second-order valence-corrected chi connectivity index (χ2v) is 6.19. The Bertz CT molecular complexity index is 623. The number of nitriles is 2.